The SMILES string of the molecule is CC(=O)NC1CCCN(S(=O)(=O)c2cccc(F)c2)C1. The molecule has 1 N–H and O–H groups in total. The third kappa shape index (κ3) is 3.34. The van der Waals surface area contributed by atoms with Crippen molar-refractivity contribution in [3.63, 3.8) is 0 Å². The highest BCUT2D eigenvalue weighted by Crippen LogP contribution is 2.21. The summed E-state index contributed by atoms with van der Waals surface area (Å²) in [4.78, 5) is 11.0. The fourth-order valence-electron chi connectivity index (χ4n) is 2.34. The Morgan fingerprint density at radius 1 is 1.45 bits per heavy atom. The van der Waals surface area contributed by atoms with Crippen LogP contribution in [0.3, 0.4) is 0 Å². The van der Waals surface area contributed by atoms with Gasteiger partial charge in [0.15, 0.2) is 0 Å². The molecule has 1 fully saturated rings. The van der Waals surface area contributed by atoms with Gasteiger partial charge in [0.05, 0.1) is 4.90 Å². The lowest BCUT2D eigenvalue weighted by Gasteiger charge is -2.32. The lowest BCUT2D eigenvalue weighted by molar-refractivity contribution is -0.119. The summed E-state index contributed by atoms with van der Waals surface area (Å²) in [5.74, 6) is -0.763. The molecule has 7 heteroatoms. The first-order valence-corrected chi connectivity index (χ1v) is 7.86. The average Bonchev–Trinajstić information content (AvgIpc) is 2.38. The van der Waals surface area contributed by atoms with Crippen LogP contribution in [0.25, 0.3) is 0 Å². The molecule has 1 saturated heterocycles. The van der Waals surface area contributed by atoms with Crippen molar-refractivity contribution in [1.82, 2.24) is 9.62 Å². The Hall–Kier alpha value is -1.47. The molecular formula is C13H17FN2O3S. The average molecular weight is 300 g/mol. The molecule has 1 heterocycles. The number of sulfonamides is 1. The van der Waals surface area contributed by atoms with E-state index >= 15 is 0 Å². The van der Waals surface area contributed by atoms with Crippen LogP contribution in [0, 0.1) is 5.82 Å². The number of rotatable bonds is 3. The highest BCUT2D eigenvalue weighted by atomic mass is 32.2. The Morgan fingerprint density at radius 3 is 2.85 bits per heavy atom. The van der Waals surface area contributed by atoms with Gasteiger partial charge in [0.25, 0.3) is 0 Å². The standard InChI is InChI=1S/C13H17FN2O3S/c1-10(17)15-12-5-3-7-16(9-12)20(18,19)13-6-2-4-11(14)8-13/h2,4,6,8,12H,3,5,7,9H2,1H3,(H,15,17). The van der Waals surface area contributed by atoms with Crippen LogP contribution in [0.15, 0.2) is 29.2 Å². The molecule has 1 aliphatic rings. The molecule has 20 heavy (non-hydrogen) atoms. The second kappa shape index (κ2) is 5.88. The number of hydrogen-bond acceptors (Lipinski definition) is 3. The fourth-order valence-corrected chi connectivity index (χ4v) is 3.90. The second-order valence-electron chi connectivity index (χ2n) is 4.86. The summed E-state index contributed by atoms with van der Waals surface area (Å²) in [5.41, 5.74) is 0. The summed E-state index contributed by atoms with van der Waals surface area (Å²) in [7, 11) is -3.71. The third-order valence-corrected chi connectivity index (χ3v) is 5.09. The lowest BCUT2D eigenvalue weighted by atomic mass is 10.1. The predicted octanol–water partition coefficient (Wildman–Crippen LogP) is 1.11. The Kier molecular flexibility index (Phi) is 4.39. The number of nitrogens with zero attached hydrogens (tertiary/aromatic N) is 1. The predicted molar refractivity (Wildman–Crippen MR) is 72.0 cm³/mol. The van der Waals surface area contributed by atoms with E-state index in [2.05, 4.69) is 5.32 Å². The lowest BCUT2D eigenvalue weighted by Crippen LogP contribution is -2.49. The minimum absolute atomic E-state index is 0.0547. The van der Waals surface area contributed by atoms with Crippen LogP contribution in [-0.2, 0) is 14.8 Å². The Balaban J connectivity index is 2.19. The minimum atomic E-state index is -3.71. The van der Waals surface area contributed by atoms with Gasteiger partial charge >= 0.3 is 0 Å². The van der Waals surface area contributed by atoms with E-state index in [0.717, 1.165) is 12.5 Å². The highest BCUT2D eigenvalue weighted by molar-refractivity contribution is 7.89. The van der Waals surface area contributed by atoms with Crippen molar-refractivity contribution in [3.8, 4) is 0 Å². The molecule has 1 aromatic rings. The van der Waals surface area contributed by atoms with Crippen molar-refractivity contribution in [2.75, 3.05) is 13.1 Å². The molecule has 5 nitrogen and oxygen atoms in total. The van der Waals surface area contributed by atoms with Crippen LogP contribution in [-0.4, -0.2) is 37.8 Å². The number of carbonyl (C=O) groups excluding carboxylic acids is 1. The second-order valence-corrected chi connectivity index (χ2v) is 6.80. The number of nitrogens with one attached hydrogen (secondary N) is 1. The smallest absolute Gasteiger partial charge is 0.243 e. The van der Waals surface area contributed by atoms with Crippen LogP contribution in [0.4, 0.5) is 4.39 Å². The van der Waals surface area contributed by atoms with Crippen LogP contribution in [0.2, 0.25) is 0 Å². The van der Waals surface area contributed by atoms with Crippen molar-refractivity contribution in [2.45, 2.75) is 30.7 Å². The normalized spacial score (nSPS) is 20.6. The maximum Gasteiger partial charge on any atom is 0.243 e. The summed E-state index contributed by atoms with van der Waals surface area (Å²) < 4.78 is 39.3. The van der Waals surface area contributed by atoms with Crippen LogP contribution >= 0.6 is 0 Å². The van der Waals surface area contributed by atoms with Crippen molar-refractivity contribution in [1.29, 1.82) is 0 Å². The number of amides is 1. The number of carbonyl (C=O) groups is 1. The Morgan fingerprint density at radius 2 is 2.20 bits per heavy atom. The molecule has 0 aromatic heterocycles. The molecule has 0 saturated carbocycles. The zero-order valence-corrected chi connectivity index (χ0v) is 12.0. The van der Waals surface area contributed by atoms with Crippen molar-refractivity contribution >= 4 is 15.9 Å². The zero-order chi connectivity index (χ0) is 14.8. The Bertz CT molecular complexity index is 603. The zero-order valence-electron chi connectivity index (χ0n) is 11.2. The van der Waals surface area contributed by atoms with E-state index in [-0.39, 0.29) is 23.4 Å². The quantitative estimate of drug-likeness (QED) is 0.909. The van der Waals surface area contributed by atoms with Gasteiger partial charge < -0.3 is 5.32 Å². The number of piperidine rings is 1. The van der Waals surface area contributed by atoms with Gasteiger partial charge in [-0.15, -0.1) is 0 Å². The highest BCUT2D eigenvalue weighted by Gasteiger charge is 2.30. The molecule has 0 aliphatic carbocycles. The molecule has 1 aliphatic heterocycles. The first kappa shape index (κ1) is 14.9. The maximum atomic E-state index is 13.2. The summed E-state index contributed by atoms with van der Waals surface area (Å²) >= 11 is 0. The summed E-state index contributed by atoms with van der Waals surface area (Å²) in [6.45, 7) is 2.01. The molecule has 1 amide bonds. The van der Waals surface area contributed by atoms with Gasteiger partial charge in [-0.3, -0.25) is 4.79 Å². The molecular weight excluding hydrogens is 283 g/mol. The van der Waals surface area contributed by atoms with Gasteiger partial charge in [0.1, 0.15) is 5.82 Å². The summed E-state index contributed by atoms with van der Waals surface area (Å²) in [5, 5.41) is 2.73. The Labute approximate surface area is 117 Å². The monoisotopic (exact) mass is 300 g/mol. The van der Waals surface area contributed by atoms with E-state index in [0.29, 0.717) is 13.0 Å². The van der Waals surface area contributed by atoms with E-state index in [1.54, 1.807) is 0 Å². The van der Waals surface area contributed by atoms with E-state index in [1.165, 1.54) is 29.4 Å². The van der Waals surface area contributed by atoms with Gasteiger partial charge in [-0.05, 0) is 31.0 Å². The molecule has 1 aromatic carbocycles. The van der Waals surface area contributed by atoms with Gasteiger partial charge in [-0.1, -0.05) is 6.07 Å². The van der Waals surface area contributed by atoms with Crippen molar-refractivity contribution in [3.05, 3.63) is 30.1 Å². The first-order chi connectivity index (χ1) is 9.39. The van der Waals surface area contributed by atoms with Gasteiger partial charge in [-0.2, -0.15) is 4.31 Å². The molecule has 0 spiro atoms. The van der Waals surface area contributed by atoms with E-state index < -0.39 is 15.8 Å². The number of hydrogen-bond donors (Lipinski definition) is 1. The fraction of sp³-hybridized carbons (Fsp3) is 0.462. The number of halogens is 1. The largest absolute Gasteiger partial charge is 0.352 e. The molecule has 2 rings (SSSR count). The number of benzene rings is 1. The van der Waals surface area contributed by atoms with Crippen molar-refractivity contribution < 1.29 is 17.6 Å². The summed E-state index contributed by atoms with van der Waals surface area (Å²) in [6, 6.07) is 4.77. The van der Waals surface area contributed by atoms with Crippen molar-refractivity contribution in [2.24, 2.45) is 0 Å². The third-order valence-electron chi connectivity index (χ3n) is 3.23. The topological polar surface area (TPSA) is 66.5 Å². The van der Waals surface area contributed by atoms with Gasteiger partial charge in [0, 0.05) is 26.1 Å². The first-order valence-electron chi connectivity index (χ1n) is 6.42. The maximum absolute atomic E-state index is 13.2. The molecule has 0 bridgehead atoms. The van der Waals surface area contributed by atoms with E-state index in [9.17, 15) is 17.6 Å². The molecule has 110 valence electrons. The minimum Gasteiger partial charge on any atom is -0.352 e. The van der Waals surface area contributed by atoms with Crippen LogP contribution < -0.4 is 5.32 Å². The summed E-state index contributed by atoms with van der Waals surface area (Å²) in [6.07, 6.45) is 1.41. The van der Waals surface area contributed by atoms with E-state index in [4.69, 9.17) is 0 Å². The molecule has 1 unspecified atom stereocenters. The molecule has 1 atom stereocenters. The van der Waals surface area contributed by atoms with Crippen LogP contribution in [0.1, 0.15) is 19.8 Å². The van der Waals surface area contributed by atoms with Gasteiger partial charge in [0.2, 0.25) is 15.9 Å². The van der Waals surface area contributed by atoms with Gasteiger partial charge in [-0.25, -0.2) is 12.8 Å². The van der Waals surface area contributed by atoms with Crippen LogP contribution in [0.5, 0.6) is 0 Å². The molecule has 0 radical (unpaired) electrons. The van der Waals surface area contributed by atoms with E-state index in [1.807, 2.05) is 0 Å².